The van der Waals surface area contributed by atoms with Crippen molar-refractivity contribution in [1.82, 2.24) is 15.3 Å². The second-order valence-electron chi connectivity index (χ2n) is 8.45. The number of ether oxygens (including phenoxy) is 1. The minimum absolute atomic E-state index is 0.490. The van der Waals surface area contributed by atoms with Crippen LogP contribution in [0.3, 0.4) is 0 Å². The molecule has 2 aliphatic heterocycles. The minimum Gasteiger partial charge on any atom is -0.378 e. The van der Waals surface area contributed by atoms with Crippen molar-refractivity contribution in [3.63, 3.8) is 0 Å². The Morgan fingerprint density at radius 1 is 1.10 bits per heavy atom. The van der Waals surface area contributed by atoms with Crippen LogP contribution in [-0.4, -0.2) is 48.9 Å². The number of piperidine rings is 1. The summed E-state index contributed by atoms with van der Waals surface area (Å²) in [7, 11) is 0. The average molecular weight is 423 g/mol. The van der Waals surface area contributed by atoms with Crippen LogP contribution in [0.15, 0.2) is 42.0 Å². The predicted molar refractivity (Wildman–Crippen MR) is 124 cm³/mol. The number of hydrogen-bond donors (Lipinski definition) is 1. The summed E-state index contributed by atoms with van der Waals surface area (Å²) in [5.74, 6) is 1.85. The second-order valence-corrected chi connectivity index (χ2v) is 9.31. The summed E-state index contributed by atoms with van der Waals surface area (Å²) in [6.45, 7) is 5.28. The number of anilines is 1. The highest BCUT2D eigenvalue weighted by Gasteiger charge is 2.23. The van der Waals surface area contributed by atoms with Gasteiger partial charge in [-0.25, -0.2) is 9.97 Å². The average Bonchev–Trinajstić information content (AvgIpc) is 3.48. The predicted octanol–water partition coefficient (Wildman–Crippen LogP) is 4.73. The van der Waals surface area contributed by atoms with Crippen molar-refractivity contribution in [2.24, 2.45) is 5.92 Å². The molecule has 0 amide bonds. The zero-order valence-corrected chi connectivity index (χ0v) is 18.2. The van der Waals surface area contributed by atoms with Crippen molar-refractivity contribution >= 4 is 27.4 Å². The normalized spacial score (nSPS) is 20.3. The van der Waals surface area contributed by atoms with Crippen molar-refractivity contribution in [2.45, 2.75) is 38.2 Å². The van der Waals surface area contributed by atoms with Crippen molar-refractivity contribution in [1.29, 1.82) is 0 Å². The molecule has 6 heteroatoms. The van der Waals surface area contributed by atoms with E-state index in [4.69, 9.17) is 9.72 Å². The van der Waals surface area contributed by atoms with E-state index in [-0.39, 0.29) is 0 Å². The first-order chi connectivity index (χ1) is 14.9. The van der Waals surface area contributed by atoms with Crippen molar-refractivity contribution < 1.29 is 4.74 Å². The lowest BCUT2D eigenvalue weighted by atomic mass is 9.96. The maximum absolute atomic E-state index is 5.72. The first kappa shape index (κ1) is 19.9. The fourth-order valence-corrected chi connectivity index (χ4v) is 5.63. The van der Waals surface area contributed by atoms with Gasteiger partial charge in [0.05, 0.1) is 11.5 Å². The van der Waals surface area contributed by atoms with Crippen molar-refractivity contribution in [2.75, 3.05) is 37.7 Å². The lowest BCUT2D eigenvalue weighted by Gasteiger charge is -2.33. The Hall–Kier alpha value is -2.02. The highest BCUT2D eigenvalue weighted by molar-refractivity contribution is 7.17. The van der Waals surface area contributed by atoms with Gasteiger partial charge in [0.25, 0.3) is 0 Å². The third kappa shape index (κ3) is 4.36. The monoisotopic (exact) mass is 422 g/mol. The van der Waals surface area contributed by atoms with E-state index in [2.05, 4.69) is 50.9 Å². The standard InChI is InChI=1S/C24H30N4OS/c1-2-5-19(6-3-1)21-16-30-24-22(21)23(26-17-27-24)28-12-9-18(10-13-28)15-25-11-8-20-7-4-14-29-20/h1-3,5-6,16-18,20,25H,4,7-15H2. The molecule has 0 bridgehead atoms. The van der Waals surface area contributed by atoms with Gasteiger partial charge in [0.2, 0.25) is 0 Å². The summed E-state index contributed by atoms with van der Waals surface area (Å²) in [6, 6.07) is 10.6. The Morgan fingerprint density at radius 3 is 2.77 bits per heavy atom. The van der Waals surface area contributed by atoms with Gasteiger partial charge in [-0.15, -0.1) is 11.3 Å². The van der Waals surface area contributed by atoms with Gasteiger partial charge >= 0.3 is 0 Å². The molecule has 5 rings (SSSR count). The molecule has 30 heavy (non-hydrogen) atoms. The largest absolute Gasteiger partial charge is 0.378 e. The fraction of sp³-hybridized carbons (Fsp3) is 0.500. The van der Waals surface area contributed by atoms with Gasteiger partial charge in [0, 0.05) is 30.6 Å². The molecule has 1 N–H and O–H groups in total. The molecule has 1 atom stereocenters. The number of hydrogen-bond acceptors (Lipinski definition) is 6. The molecule has 158 valence electrons. The molecule has 4 heterocycles. The third-order valence-electron chi connectivity index (χ3n) is 6.45. The Labute approximate surface area is 182 Å². The van der Waals surface area contributed by atoms with E-state index in [1.807, 2.05) is 0 Å². The van der Waals surface area contributed by atoms with Gasteiger partial charge in [-0.05, 0) is 56.7 Å². The molecule has 2 saturated heterocycles. The maximum Gasteiger partial charge on any atom is 0.141 e. The van der Waals surface area contributed by atoms with Crippen LogP contribution in [-0.2, 0) is 4.74 Å². The molecule has 3 aromatic rings. The van der Waals surface area contributed by atoms with E-state index in [1.165, 1.54) is 42.2 Å². The highest BCUT2D eigenvalue weighted by Crippen LogP contribution is 2.38. The fourth-order valence-electron chi connectivity index (χ4n) is 4.72. The zero-order chi connectivity index (χ0) is 20.2. The van der Waals surface area contributed by atoms with Gasteiger partial charge in [-0.1, -0.05) is 30.3 Å². The lowest BCUT2D eigenvalue weighted by Crippen LogP contribution is -2.38. The van der Waals surface area contributed by atoms with Crippen LogP contribution in [0.1, 0.15) is 32.1 Å². The van der Waals surface area contributed by atoms with Crippen LogP contribution in [0, 0.1) is 5.92 Å². The molecule has 2 aromatic heterocycles. The Balaban J connectivity index is 1.21. The molecule has 1 aromatic carbocycles. The van der Waals surface area contributed by atoms with E-state index >= 15 is 0 Å². The lowest BCUT2D eigenvalue weighted by molar-refractivity contribution is 0.104. The topological polar surface area (TPSA) is 50.3 Å². The molecular weight excluding hydrogens is 392 g/mol. The summed E-state index contributed by atoms with van der Waals surface area (Å²) in [4.78, 5) is 12.8. The van der Waals surface area contributed by atoms with Crippen LogP contribution in [0.2, 0.25) is 0 Å². The van der Waals surface area contributed by atoms with Crippen LogP contribution in [0.25, 0.3) is 21.3 Å². The van der Waals surface area contributed by atoms with Gasteiger partial charge in [-0.3, -0.25) is 0 Å². The SMILES string of the molecule is c1ccc(-c2csc3ncnc(N4CCC(CNCCC5CCCO5)CC4)c23)cc1. The van der Waals surface area contributed by atoms with Crippen molar-refractivity contribution in [3.05, 3.63) is 42.0 Å². The third-order valence-corrected chi connectivity index (χ3v) is 7.34. The first-order valence-electron chi connectivity index (χ1n) is 11.2. The molecule has 1 unspecified atom stereocenters. The van der Waals surface area contributed by atoms with E-state index in [9.17, 15) is 0 Å². The first-order valence-corrected chi connectivity index (χ1v) is 12.1. The van der Waals surface area contributed by atoms with E-state index in [1.54, 1.807) is 17.7 Å². The number of benzene rings is 1. The minimum atomic E-state index is 0.490. The Morgan fingerprint density at radius 2 is 1.97 bits per heavy atom. The number of fused-ring (bicyclic) bond motifs is 1. The van der Waals surface area contributed by atoms with Crippen LogP contribution in [0.5, 0.6) is 0 Å². The van der Waals surface area contributed by atoms with E-state index in [0.29, 0.717) is 6.10 Å². The summed E-state index contributed by atoms with van der Waals surface area (Å²) < 4.78 is 5.72. The summed E-state index contributed by atoms with van der Waals surface area (Å²) >= 11 is 1.71. The highest BCUT2D eigenvalue weighted by atomic mass is 32.1. The zero-order valence-electron chi connectivity index (χ0n) is 17.4. The number of aromatic nitrogens is 2. The van der Waals surface area contributed by atoms with E-state index < -0.39 is 0 Å². The summed E-state index contributed by atoms with van der Waals surface area (Å²) in [5, 5.41) is 7.11. The molecule has 0 radical (unpaired) electrons. The number of nitrogens with zero attached hydrogens (tertiary/aromatic N) is 3. The van der Waals surface area contributed by atoms with Crippen LogP contribution >= 0.6 is 11.3 Å². The van der Waals surface area contributed by atoms with Gasteiger partial charge in [-0.2, -0.15) is 0 Å². The van der Waals surface area contributed by atoms with Gasteiger partial charge in [0.15, 0.2) is 0 Å². The molecule has 5 nitrogen and oxygen atoms in total. The second kappa shape index (κ2) is 9.41. The van der Waals surface area contributed by atoms with E-state index in [0.717, 1.165) is 55.8 Å². The Bertz CT molecular complexity index is 946. The quantitative estimate of drug-likeness (QED) is 0.558. The molecule has 2 fully saturated rings. The molecular formula is C24H30N4OS. The number of rotatable bonds is 7. The molecule has 0 saturated carbocycles. The number of nitrogens with one attached hydrogen (secondary N) is 1. The van der Waals surface area contributed by atoms with Crippen molar-refractivity contribution in [3.8, 4) is 11.1 Å². The molecule has 0 spiro atoms. The van der Waals surface area contributed by atoms with Crippen LogP contribution < -0.4 is 10.2 Å². The van der Waals surface area contributed by atoms with Crippen LogP contribution in [0.4, 0.5) is 5.82 Å². The summed E-state index contributed by atoms with van der Waals surface area (Å²) in [6.07, 6.45) is 8.26. The maximum atomic E-state index is 5.72. The molecule has 0 aliphatic carbocycles. The van der Waals surface area contributed by atoms with Gasteiger partial charge in [0.1, 0.15) is 17.0 Å². The molecule has 2 aliphatic rings. The number of thiophene rings is 1. The smallest absolute Gasteiger partial charge is 0.141 e. The Kier molecular flexibility index (Phi) is 6.25. The van der Waals surface area contributed by atoms with Gasteiger partial charge < -0.3 is 15.0 Å². The summed E-state index contributed by atoms with van der Waals surface area (Å²) in [5.41, 5.74) is 2.49.